The Balaban J connectivity index is 1.94. The molecule has 3 rings (SSSR count). The maximum absolute atomic E-state index is 14.4. The van der Waals surface area contributed by atoms with Crippen molar-refractivity contribution in [1.29, 1.82) is 0 Å². The zero-order valence-electron chi connectivity index (χ0n) is 15.8. The molecule has 0 amide bonds. The Morgan fingerprint density at radius 1 is 1.13 bits per heavy atom. The molecule has 168 valence electrons. The standard InChI is InChI=1S/C17H20F7N5O/c1-7(17(22,23)24)25-14-27-13(9-2-3-10(18)12(30)11(9)19)28-15(29-14)26-8-4-5-16(20,21)6-8/h7-8,10,12,30H,2-6H2,1H3,(H2,25,26,27,28,29)/t7-,8-,10?,12+/m1/s1. The van der Waals surface area contributed by atoms with E-state index >= 15 is 0 Å². The third kappa shape index (κ3) is 5.10. The van der Waals surface area contributed by atoms with Crippen LogP contribution in [0.25, 0.3) is 5.57 Å². The summed E-state index contributed by atoms with van der Waals surface area (Å²) in [6, 6.07) is -2.81. The lowest BCUT2D eigenvalue weighted by Gasteiger charge is -2.23. The lowest BCUT2D eigenvalue weighted by Crippen LogP contribution is -2.34. The summed E-state index contributed by atoms with van der Waals surface area (Å²) in [5.41, 5.74) is -0.277. The molecule has 3 N–H and O–H groups in total. The number of halogens is 7. The van der Waals surface area contributed by atoms with Gasteiger partial charge in [0.25, 0.3) is 0 Å². The highest BCUT2D eigenvalue weighted by Gasteiger charge is 2.40. The van der Waals surface area contributed by atoms with Crippen LogP contribution in [0.15, 0.2) is 5.83 Å². The monoisotopic (exact) mass is 443 g/mol. The van der Waals surface area contributed by atoms with E-state index in [2.05, 4.69) is 20.3 Å². The first-order valence-electron chi connectivity index (χ1n) is 9.30. The highest BCUT2D eigenvalue weighted by molar-refractivity contribution is 5.65. The van der Waals surface area contributed by atoms with Crippen LogP contribution in [0.1, 0.15) is 44.9 Å². The smallest absolute Gasteiger partial charge is 0.383 e. The van der Waals surface area contributed by atoms with Crippen molar-refractivity contribution in [3.63, 3.8) is 0 Å². The average Bonchev–Trinajstić information content (AvgIpc) is 2.97. The zero-order valence-corrected chi connectivity index (χ0v) is 15.8. The van der Waals surface area contributed by atoms with Crippen molar-refractivity contribution in [2.45, 2.75) is 75.5 Å². The summed E-state index contributed by atoms with van der Waals surface area (Å²) >= 11 is 0. The molecular weight excluding hydrogens is 423 g/mol. The van der Waals surface area contributed by atoms with Gasteiger partial charge in [-0.3, -0.25) is 0 Å². The number of alkyl halides is 6. The minimum absolute atomic E-state index is 0.0784. The molecule has 1 heterocycles. The Bertz CT molecular complexity index is 816. The topological polar surface area (TPSA) is 83.0 Å². The molecule has 0 saturated heterocycles. The molecule has 1 fully saturated rings. The zero-order chi connectivity index (χ0) is 22.3. The molecular formula is C17H20F7N5O. The fourth-order valence-corrected chi connectivity index (χ4v) is 3.29. The number of nitrogens with zero attached hydrogens (tertiary/aromatic N) is 3. The van der Waals surface area contributed by atoms with Gasteiger partial charge in [-0.15, -0.1) is 0 Å². The fourth-order valence-electron chi connectivity index (χ4n) is 3.29. The van der Waals surface area contributed by atoms with Crippen molar-refractivity contribution in [1.82, 2.24) is 15.0 Å². The predicted octanol–water partition coefficient (Wildman–Crippen LogP) is 4.01. The number of rotatable bonds is 5. The number of aromatic nitrogens is 3. The number of nitrogens with one attached hydrogen (secondary N) is 2. The van der Waals surface area contributed by atoms with E-state index in [0.717, 1.165) is 6.92 Å². The van der Waals surface area contributed by atoms with Crippen LogP contribution in [-0.2, 0) is 0 Å². The van der Waals surface area contributed by atoms with Gasteiger partial charge in [0.15, 0.2) is 5.82 Å². The van der Waals surface area contributed by atoms with E-state index in [1.54, 1.807) is 0 Å². The van der Waals surface area contributed by atoms with E-state index in [1.807, 2.05) is 5.32 Å². The normalized spacial score (nSPS) is 27.8. The van der Waals surface area contributed by atoms with Crippen molar-refractivity contribution in [3.05, 3.63) is 11.7 Å². The number of allylic oxidation sites excluding steroid dienone is 1. The molecule has 0 radical (unpaired) electrons. The summed E-state index contributed by atoms with van der Waals surface area (Å²) in [5, 5.41) is 14.3. The van der Waals surface area contributed by atoms with Crippen LogP contribution in [0, 0.1) is 0 Å². The number of hydrogen-bond donors (Lipinski definition) is 3. The molecule has 2 aliphatic rings. The van der Waals surface area contributed by atoms with Gasteiger partial charge in [-0.1, -0.05) is 0 Å². The lowest BCUT2D eigenvalue weighted by atomic mass is 9.94. The van der Waals surface area contributed by atoms with Crippen molar-refractivity contribution >= 4 is 17.5 Å². The van der Waals surface area contributed by atoms with E-state index < -0.39 is 60.5 Å². The molecule has 0 aliphatic heterocycles. The Kier molecular flexibility index (Phi) is 6.12. The second-order valence-electron chi connectivity index (χ2n) is 7.48. The van der Waals surface area contributed by atoms with E-state index in [1.165, 1.54) is 0 Å². The van der Waals surface area contributed by atoms with E-state index in [4.69, 9.17) is 0 Å². The molecule has 0 bridgehead atoms. The summed E-state index contributed by atoms with van der Waals surface area (Å²) < 4.78 is 93.4. The molecule has 13 heteroatoms. The first-order chi connectivity index (χ1) is 13.9. The molecule has 1 aromatic rings. The largest absolute Gasteiger partial charge is 0.408 e. The minimum Gasteiger partial charge on any atom is -0.383 e. The minimum atomic E-state index is -4.64. The molecule has 1 unspecified atom stereocenters. The van der Waals surface area contributed by atoms with Crippen molar-refractivity contribution in [2.24, 2.45) is 0 Å². The SMILES string of the molecule is C[C@@H](Nc1nc(N[C@@H]2CCC(F)(F)C2)nc(C2=C(F)[C@@H](O)C(F)CC2)n1)C(F)(F)F. The van der Waals surface area contributed by atoms with Gasteiger partial charge in [-0.25, -0.2) is 17.6 Å². The van der Waals surface area contributed by atoms with E-state index in [9.17, 15) is 35.8 Å². The van der Waals surface area contributed by atoms with Gasteiger partial charge in [0.05, 0.1) is 0 Å². The third-order valence-electron chi connectivity index (χ3n) is 5.04. The van der Waals surface area contributed by atoms with Gasteiger partial charge in [-0.2, -0.15) is 28.1 Å². The van der Waals surface area contributed by atoms with E-state index in [0.29, 0.717) is 0 Å². The third-order valence-corrected chi connectivity index (χ3v) is 5.04. The van der Waals surface area contributed by atoms with Crippen LogP contribution in [0.5, 0.6) is 0 Å². The van der Waals surface area contributed by atoms with Crippen LogP contribution in [-0.4, -0.2) is 56.5 Å². The summed E-state index contributed by atoms with van der Waals surface area (Å²) in [7, 11) is 0. The molecule has 30 heavy (non-hydrogen) atoms. The van der Waals surface area contributed by atoms with Crippen LogP contribution in [0.4, 0.5) is 42.6 Å². The van der Waals surface area contributed by atoms with E-state index in [-0.39, 0.29) is 37.2 Å². The van der Waals surface area contributed by atoms with Gasteiger partial charge in [0.2, 0.25) is 17.8 Å². The highest BCUT2D eigenvalue weighted by atomic mass is 19.4. The quantitative estimate of drug-likeness (QED) is 0.597. The van der Waals surface area contributed by atoms with Gasteiger partial charge in [-0.05, 0) is 26.2 Å². The first kappa shape index (κ1) is 22.5. The molecule has 0 aromatic carbocycles. The molecule has 0 spiro atoms. The van der Waals surface area contributed by atoms with Gasteiger partial charge in [0.1, 0.15) is 24.1 Å². The Labute approximate surface area is 167 Å². The van der Waals surface area contributed by atoms with Gasteiger partial charge in [0, 0.05) is 24.5 Å². The number of aliphatic hydroxyl groups excluding tert-OH is 1. The molecule has 2 aliphatic carbocycles. The number of anilines is 2. The van der Waals surface area contributed by atoms with Crippen LogP contribution in [0.2, 0.25) is 0 Å². The second-order valence-corrected chi connectivity index (χ2v) is 7.48. The van der Waals surface area contributed by atoms with Crippen LogP contribution < -0.4 is 10.6 Å². The first-order valence-corrected chi connectivity index (χ1v) is 9.30. The van der Waals surface area contributed by atoms with Crippen molar-refractivity contribution < 1.29 is 35.8 Å². The summed E-state index contributed by atoms with van der Waals surface area (Å²) in [5.74, 6) is -5.41. The van der Waals surface area contributed by atoms with Crippen molar-refractivity contribution in [3.8, 4) is 0 Å². The summed E-state index contributed by atoms with van der Waals surface area (Å²) in [6.45, 7) is 0.812. The Hall–Kier alpha value is -2.18. The second kappa shape index (κ2) is 8.16. The van der Waals surface area contributed by atoms with Gasteiger partial charge < -0.3 is 15.7 Å². The molecule has 6 nitrogen and oxygen atoms in total. The van der Waals surface area contributed by atoms with Gasteiger partial charge >= 0.3 is 6.18 Å². The maximum Gasteiger partial charge on any atom is 0.408 e. The number of hydrogen-bond acceptors (Lipinski definition) is 6. The van der Waals surface area contributed by atoms with Crippen LogP contribution >= 0.6 is 0 Å². The molecule has 1 aromatic heterocycles. The maximum atomic E-state index is 14.4. The Morgan fingerprint density at radius 2 is 1.80 bits per heavy atom. The summed E-state index contributed by atoms with van der Waals surface area (Å²) in [4.78, 5) is 11.5. The summed E-state index contributed by atoms with van der Waals surface area (Å²) in [6.07, 6.45) is -9.77. The lowest BCUT2D eigenvalue weighted by molar-refractivity contribution is -0.138. The van der Waals surface area contributed by atoms with Crippen LogP contribution in [0.3, 0.4) is 0 Å². The predicted molar refractivity (Wildman–Crippen MR) is 93.3 cm³/mol. The molecule has 1 saturated carbocycles. The molecule has 4 atom stereocenters. The van der Waals surface area contributed by atoms with Crippen molar-refractivity contribution in [2.75, 3.05) is 10.6 Å². The fraction of sp³-hybridized carbons (Fsp3) is 0.706. The number of aliphatic hydroxyl groups is 1. The highest BCUT2D eigenvalue weighted by Crippen LogP contribution is 2.37. The Morgan fingerprint density at radius 3 is 2.40 bits per heavy atom. The average molecular weight is 443 g/mol.